The smallest absolute Gasteiger partial charge is 0.260 e. The second-order valence-corrected chi connectivity index (χ2v) is 16.0. The van der Waals surface area contributed by atoms with Crippen LogP contribution in [0.2, 0.25) is 0 Å². The fraction of sp³-hybridized carbons (Fsp3) is 0. The van der Waals surface area contributed by atoms with Crippen LogP contribution >= 0.6 is 0 Å². The Hall–Kier alpha value is -8.02. The number of nitrogens with zero attached hydrogens (tertiary/aromatic N) is 2. The highest BCUT2D eigenvalue weighted by molar-refractivity contribution is 6.98. The molecule has 2 aliphatic heterocycles. The van der Waals surface area contributed by atoms with E-state index in [0.717, 1.165) is 105 Å². The van der Waals surface area contributed by atoms with Gasteiger partial charge in [0, 0.05) is 50.4 Å². The van der Waals surface area contributed by atoms with Gasteiger partial charge >= 0.3 is 0 Å². The number of rotatable bonds is 5. The molecule has 0 spiro atoms. The lowest BCUT2D eigenvalue weighted by Gasteiger charge is -2.34. The van der Waals surface area contributed by atoms with Gasteiger partial charge in [0.25, 0.3) is 6.71 Å². The molecule has 0 atom stereocenters. The predicted octanol–water partition coefficient (Wildman–Crippen LogP) is 13.0. The van der Waals surface area contributed by atoms with E-state index in [9.17, 15) is 0 Å². The minimum Gasteiger partial charge on any atom is -0.458 e. The molecule has 1 aromatic heterocycles. The second-order valence-electron chi connectivity index (χ2n) is 16.0. The lowest BCUT2D eigenvalue weighted by Crippen LogP contribution is -2.57. The van der Waals surface area contributed by atoms with Crippen molar-refractivity contribution in [3.05, 3.63) is 212 Å². The van der Waals surface area contributed by atoms with Crippen LogP contribution in [0.1, 0.15) is 0 Å². The van der Waals surface area contributed by atoms with Gasteiger partial charge in [0.05, 0.1) is 16.4 Å². The van der Waals surface area contributed by atoms with Crippen molar-refractivity contribution in [1.29, 1.82) is 0 Å². The zero-order valence-electron chi connectivity index (χ0n) is 33.0. The van der Waals surface area contributed by atoms with E-state index in [1.165, 1.54) is 11.1 Å². The quantitative estimate of drug-likeness (QED) is 0.163. The topological polar surface area (TPSA) is 26.6 Å². The third-order valence-corrected chi connectivity index (χ3v) is 12.7. The Morgan fingerprint density at radius 1 is 0.393 bits per heavy atom. The van der Waals surface area contributed by atoms with E-state index < -0.39 is 0 Å². The Bertz CT molecular complexity index is 3480. The SMILES string of the molecule is c1ccc(-c2ccc(-n3c4cc(N(c5ccccc5)c5ccccc5)ccc4c4c5c6c(cc43)Oc3c(ccc4ccccc34)B6c3ccc4ccccc4c3O5)cc2)cc1. The van der Waals surface area contributed by atoms with Crippen molar-refractivity contribution in [3.63, 3.8) is 0 Å². The summed E-state index contributed by atoms with van der Waals surface area (Å²) in [4.78, 5) is 2.33. The monoisotopic (exact) mass is 778 g/mol. The van der Waals surface area contributed by atoms with Gasteiger partial charge in [0.15, 0.2) is 0 Å². The largest absolute Gasteiger partial charge is 0.458 e. The molecule has 0 fully saturated rings. The molecule has 0 amide bonds. The summed E-state index contributed by atoms with van der Waals surface area (Å²) in [6, 6.07) is 75.9. The van der Waals surface area contributed by atoms with Gasteiger partial charge in [-0.15, -0.1) is 0 Å². The van der Waals surface area contributed by atoms with Gasteiger partial charge < -0.3 is 18.9 Å². The summed E-state index contributed by atoms with van der Waals surface area (Å²) < 4.78 is 17.0. The Balaban J connectivity index is 1.13. The third-order valence-electron chi connectivity index (χ3n) is 12.7. The van der Waals surface area contributed by atoms with Crippen LogP contribution in [0, 0.1) is 0 Å². The Morgan fingerprint density at radius 2 is 0.951 bits per heavy atom. The van der Waals surface area contributed by atoms with Crippen LogP contribution in [0.25, 0.3) is 60.2 Å². The molecule has 0 unspecified atom stereocenters. The fourth-order valence-corrected chi connectivity index (χ4v) is 9.93. The van der Waals surface area contributed by atoms with Gasteiger partial charge in [-0.3, -0.25) is 0 Å². The summed E-state index contributed by atoms with van der Waals surface area (Å²) >= 11 is 0. The van der Waals surface area contributed by atoms with E-state index in [1.54, 1.807) is 0 Å². The minimum atomic E-state index is -0.0920. The lowest BCUT2D eigenvalue weighted by atomic mass is 9.34. The van der Waals surface area contributed by atoms with Crippen molar-refractivity contribution in [2.75, 3.05) is 4.90 Å². The molecule has 0 radical (unpaired) electrons. The molecule has 3 heterocycles. The summed E-state index contributed by atoms with van der Waals surface area (Å²) in [5.41, 5.74) is 12.1. The Kier molecular flexibility index (Phi) is 7.37. The maximum Gasteiger partial charge on any atom is 0.260 e. The van der Waals surface area contributed by atoms with E-state index >= 15 is 0 Å². The summed E-state index contributed by atoms with van der Waals surface area (Å²) in [5.74, 6) is 3.47. The molecule has 0 saturated heterocycles. The molecule has 2 aliphatic rings. The first-order valence-corrected chi connectivity index (χ1v) is 20.9. The van der Waals surface area contributed by atoms with E-state index in [-0.39, 0.29) is 6.71 Å². The standard InChI is InChI=1S/C56H35BN2O2/c1-4-14-36(15-5-1)37-24-28-42(29-25-37)59-49-34-43(58(40-18-6-2-7-19-40)41-20-8-3-9-21-41)30-31-46(49)52-50(59)35-51-53-56(52)61-55-45-23-13-11-17-39(45)27-33-48(55)57(53)47-32-26-38-16-10-12-22-44(38)54(47)60-51/h1-35H. The van der Waals surface area contributed by atoms with Crippen LogP contribution in [0.5, 0.6) is 23.0 Å². The summed E-state index contributed by atoms with van der Waals surface area (Å²) in [6.07, 6.45) is 0. The lowest BCUT2D eigenvalue weighted by molar-refractivity contribution is 0.474. The van der Waals surface area contributed by atoms with Crippen molar-refractivity contribution in [3.8, 4) is 39.8 Å². The Morgan fingerprint density at radius 3 is 1.59 bits per heavy atom. The maximum absolute atomic E-state index is 7.40. The molecular formula is C56H35BN2O2. The maximum atomic E-state index is 7.40. The van der Waals surface area contributed by atoms with Crippen molar-refractivity contribution in [2.24, 2.45) is 0 Å². The molecule has 5 heteroatoms. The minimum absolute atomic E-state index is 0.0920. The first-order valence-electron chi connectivity index (χ1n) is 20.9. The molecular weight excluding hydrogens is 743 g/mol. The van der Waals surface area contributed by atoms with Crippen LogP contribution in [0.15, 0.2) is 212 Å². The highest BCUT2D eigenvalue weighted by Crippen LogP contribution is 2.48. The van der Waals surface area contributed by atoms with Crippen molar-refractivity contribution in [1.82, 2.24) is 4.57 Å². The van der Waals surface area contributed by atoms with E-state index in [4.69, 9.17) is 9.47 Å². The average molecular weight is 779 g/mol. The zero-order chi connectivity index (χ0) is 40.0. The van der Waals surface area contributed by atoms with Gasteiger partial charge in [-0.2, -0.15) is 0 Å². The average Bonchev–Trinajstić information content (AvgIpc) is 3.65. The molecule has 13 rings (SSSR count). The van der Waals surface area contributed by atoms with Crippen LogP contribution in [-0.4, -0.2) is 11.3 Å². The molecule has 0 aliphatic carbocycles. The highest BCUT2D eigenvalue weighted by Gasteiger charge is 2.43. The second kappa shape index (κ2) is 13.3. The molecule has 11 aromatic rings. The summed E-state index contributed by atoms with van der Waals surface area (Å²) in [7, 11) is 0. The summed E-state index contributed by atoms with van der Waals surface area (Å²) in [5, 5.41) is 6.67. The number of aromatic nitrogens is 1. The number of hydrogen-bond donors (Lipinski definition) is 0. The molecule has 61 heavy (non-hydrogen) atoms. The first-order chi connectivity index (χ1) is 30.3. The molecule has 284 valence electrons. The van der Waals surface area contributed by atoms with E-state index in [1.807, 2.05) is 0 Å². The molecule has 0 saturated carbocycles. The number of fused-ring (bicyclic) bond motifs is 12. The number of anilines is 3. The van der Waals surface area contributed by atoms with Crippen molar-refractivity contribution >= 4 is 83.5 Å². The van der Waals surface area contributed by atoms with Crippen LogP contribution in [0.3, 0.4) is 0 Å². The van der Waals surface area contributed by atoms with E-state index in [2.05, 4.69) is 222 Å². The van der Waals surface area contributed by atoms with Crippen LogP contribution in [0.4, 0.5) is 17.1 Å². The molecule has 10 aromatic carbocycles. The highest BCUT2D eigenvalue weighted by atomic mass is 16.5. The molecule has 0 bridgehead atoms. The van der Waals surface area contributed by atoms with Crippen LogP contribution in [-0.2, 0) is 0 Å². The van der Waals surface area contributed by atoms with Crippen LogP contribution < -0.4 is 30.8 Å². The van der Waals surface area contributed by atoms with Gasteiger partial charge in [0.2, 0.25) is 0 Å². The zero-order valence-corrected chi connectivity index (χ0v) is 33.0. The molecule has 0 N–H and O–H groups in total. The molecule has 4 nitrogen and oxygen atoms in total. The van der Waals surface area contributed by atoms with Gasteiger partial charge in [0.1, 0.15) is 23.0 Å². The van der Waals surface area contributed by atoms with Gasteiger partial charge in [-0.25, -0.2) is 0 Å². The Labute approximate surface area is 353 Å². The number of ether oxygens (including phenoxy) is 2. The number of para-hydroxylation sites is 2. The van der Waals surface area contributed by atoms with Crippen molar-refractivity contribution in [2.45, 2.75) is 0 Å². The van der Waals surface area contributed by atoms with Crippen molar-refractivity contribution < 1.29 is 9.47 Å². The number of hydrogen-bond acceptors (Lipinski definition) is 3. The summed E-state index contributed by atoms with van der Waals surface area (Å²) in [6.45, 7) is -0.0920. The first kappa shape index (κ1) is 33.9. The fourth-order valence-electron chi connectivity index (χ4n) is 9.93. The normalized spacial score (nSPS) is 12.5. The van der Waals surface area contributed by atoms with E-state index in [0.29, 0.717) is 0 Å². The predicted molar refractivity (Wildman–Crippen MR) is 254 cm³/mol. The van der Waals surface area contributed by atoms with Gasteiger partial charge in [-0.1, -0.05) is 152 Å². The third kappa shape index (κ3) is 5.14. The van der Waals surface area contributed by atoms with Gasteiger partial charge in [-0.05, 0) is 87.4 Å². The number of benzene rings is 10.